The molecule has 0 aromatic heterocycles. The fourth-order valence-electron chi connectivity index (χ4n) is 2.54. The number of carbonyl (C=O) groups is 2. The summed E-state index contributed by atoms with van der Waals surface area (Å²) >= 11 is 3.26. The first-order valence-corrected chi connectivity index (χ1v) is 8.59. The van der Waals surface area contributed by atoms with E-state index in [-0.39, 0.29) is 17.5 Å². The summed E-state index contributed by atoms with van der Waals surface area (Å²) in [6, 6.07) is 2.17. The third-order valence-electron chi connectivity index (χ3n) is 4.02. The summed E-state index contributed by atoms with van der Waals surface area (Å²) in [4.78, 5) is 26.1. The Bertz CT molecular complexity index is 732. The van der Waals surface area contributed by atoms with Crippen molar-refractivity contribution in [2.75, 3.05) is 20.8 Å². The Morgan fingerprint density at radius 2 is 2.12 bits per heavy atom. The van der Waals surface area contributed by atoms with Crippen molar-refractivity contribution < 1.29 is 24.2 Å². The number of amides is 2. The van der Waals surface area contributed by atoms with Crippen LogP contribution in [0.3, 0.4) is 0 Å². The minimum absolute atomic E-state index is 0.0543. The number of carbonyl (C=O) groups excluding carboxylic acids is 2. The molecule has 1 aliphatic rings. The molecule has 2 N–H and O–H groups in total. The molecule has 0 spiro atoms. The molecule has 0 saturated carbocycles. The van der Waals surface area contributed by atoms with Gasteiger partial charge >= 0.3 is 12.0 Å². The molecule has 1 heterocycles. The van der Waals surface area contributed by atoms with Crippen molar-refractivity contribution >= 4 is 27.9 Å². The second-order valence-corrected chi connectivity index (χ2v) is 6.48. The maximum Gasteiger partial charge on any atom is 0.338 e. The fraction of sp³-hybridized carbons (Fsp3) is 0.412. The minimum Gasteiger partial charge on any atom is -0.503 e. The van der Waals surface area contributed by atoms with Crippen molar-refractivity contribution in [1.82, 2.24) is 10.2 Å². The van der Waals surface area contributed by atoms with Crippen LogP contribution in [0, 0.1) is 0 Å². The molecule has 7 nitrogen and oxygen atoms in total. The predicted octanol–water partition coefficient (Wildman–Crippen LogP) is 3.09. The lowest BCUT2D eigenvalue weighted by atomic mass is 9.94. The highest BCUT2D eigenvalue weighted by atomic mass is 79.9. The van der Waals surface area contributed by atoms with E-state index in [2.05, 4.69) is 21.2 Å². The predicted molar refractivity (Wildman–Crippen MR) is 95.3 cm³/mol. The Kier molecular flexibility index (Phi) is 5.94. The molecule has 25 heavy (non-hydrogen) atoms. The van der Waals surface area contributed by atoms with Crippen LogP contribution in [0.25, 0.3) is 0 Å². The molecule has 8 heteroatoms. The van der Waals surface area contributed by atoms with Gasteiger partial charge in [-0.25, -0.2) is 9.59 Å². The third kappa shape index (κ3) is 3.73. The zero-order valence-electron chi connectivity index (χ0n) is 14.6. The van der Waals surface area contributed by atoms with E-state index in [9.17, 15) is 14.7 Å². The zero-order chi connectivity index (χ0) is 18.7. The quantitative estimate of drug-likeness (QED) is 0.725. The molecule has 0 unspecified atom stereocenters. The molecule has 0 radical (unpaired) electrons. The number of methoxy groups -OCH3 is 1. The van der Waals surface area contributed by atoms with Gasteiger partial charge in [0.2, 0.25) is 0 Å². The van der Waals surface area contributed by atoms with Gasteiger partial charge < -0.3 is 24.8 Å². The summed E-state index contributed by atoms with van der Waals surface area (Å²) in [5.74, 6) is -0.308. The molecule has 0 saturated heterocycles. The number of ether oxygens (including phenoxy) is 2. The van der Waals surface area contributed by atoms with Crippen LogP contribution in [-0.4, -0.2) is 42.8 Å². The molecule has 1 atom stereocenters. The smallest absolute Gasteiger partial charge is 0.338 e. The second-order valence-electron chi connectivity index (χ2n) is 5.63. The number of urea groups is 1. The van der Waals surface area contributed by atoms with Gasteiger partial charge in [0, 0.05) is 12.7 Å². The van der Waals surface area contributed by atoms with Gasteiger partial charge in [-0.1, -0.05) is 6.92 Å². The molecule has 136 valence electrons. The molecule has 1 aromatic rings. The van der Waals surface area contributed by atoms with Crippen LogP contribution in [-0.2, 0) is 9.53 Å². The van der Waals surface area contributed by atoms with E-state index in [0.29, 0.717) is 34.3 Å². The summed E-state index contributed by atoms with van der Waals surface area (Å²) in [7, 11) is 3.01. The number of allylic oxidation sites excluding steroid dienone is 1. The number of phenols is 1. The Balaban J connectivity index is 2.55. The number of phenolic OH excluding ortho intramolecular Hbond substituents is 1. The first-order chi connectivity index (χ1) is 11.8. The molecule has 0 aliphatic carbocycles. The Labute approximate surface area is 154 Å². The minimum atomic E-state index is -0.709. The van der Waals surface area contributed by atoms with E-state index in [0.717, 1.165) is 0 Å². The Morgan fingerprint density at radius 1 is 1.44 bits per heavy atom. The number of nitrogens with zero attached hydrogens (tertiary/aromatic N) is 1. The van der Waals surface area contributed by atoms with Crippen LogP contribution >= 0.6 is 15.9 Å². The average Bonchev–Trinajstić information content (AvgIpc) is 2.59. The number of hydrogen-bond acceptors (Lipinski definition) is 5. The first kappa shape index (κ1) is 19.1. The van der Waals surface area contributed by atoms with Crippen LogP contribution in [0.15, 0.2) is 27.9 Å². The van der Waals surface area contributed by atoms with Gasteiger partial charge in [-0.05, 0) is 47.0 Å². The highest BCUT2D eigenvalue weighted by Gasteiger charge is 2.35. The third-order valence-corrected chi connectivity index (χ3v) is 4.62. The molecule has 2 amide bonds. The number of hydrogen-bond donors (Lipinski definition) is 2. The van der Waals surface area contributed by atoms with E-state index < -0.39 is 12.0 Å². The summed E-state index contributed by atoms with van der Waals surface area (Å²) in [5, 5.41) is 12.8. The molecular formula is C17H21BrN2O5. The van der Waals surface area contributed by atoms with Crippen molar-refractivity contribution in [3.8, 4) is 11.5 Å². The number of rotatable bonds is 5. The van der Waals surface area contributed by atoms with Crippen molar-refractivity contribution in [1.29, 1.82) is 0 Å². The van der Waals surface area contributed by atoms with Crippen molar-refractivity contribution in [2.24, 2.45) is 0 Å². The van der Waals surface area contributed by atoms with E-state index >= 15 is 0 Å². The van der Waals surface area contributed by atoms with Crippen LogP contribution < -0.4 is 10.1 Å². The van der Waals surface area contributed by atoms with Gasteiger partial charge in [0.05, 0.1) is 29.8 Å². The fourth-order valence-corrected chi connectivity index (χ4v) is 3.00. The molecule has 0 fully saturated rings. The Morgan fingerprint density at radius 3 is 2.72 bits per heavy atom. The van der Waals surface area contributed by atoms with Gasteiger partial charge in [0.1, 0.15) is 0 Å². The summed E-state index contributed by atoms with van der Waals surface area (Å²) in [6.07, 6.45) is 0.698. The summed E-state index contributed by atoms with van der Waals surface area (Å²) in [5.41, 5.74) is 1.44. The standard InChI is InChI=1S/C17H21BrN2O5/c1-5-6-25-16(22)13-9(2)20(3)17(23)19-14(13)10-7-11(18)15(21)12(8-10)24-4/h7-8,14,21H,5-6H2,1-4H3,(H,19,23)/t14-/m1/s1. The first-order valence-electron chi connectivity index (χ1n) is 7.80. The highest BCUT2D eigenvalue weighted by molar-refractivity contribution is 9.10. The molecular weight excluding hydrogens is 392 g/mol. The van der Waals surface area contributed by atoms with Crippen LogP contribution in [0.4, 0.5) is 4.79 Å². The van der Waals surface area contributed by atoms with Gasteiger partial charge in [0.15, 0.2) is 11.5 Å². The van der Waals surface area contributed by atoms with E-state index in [1.165, 1.54) is 12.0 Å². The SMILES string of the molecule is CCCOC(=O)C1=C(C)N(C)C(=O)N[C@@H]1c1cc(Br)c(O)c(OC)c1. The van der Waals surface area contributed by atoms with Gasteiger partial charge in [-0.3, -0.25) is 0 Å². The van der Waals surface area contributed by atoms with Gasteiger partial charge in [-0.15, -0.1) is 0 Å². The number of aromatic hydroxyl groups is 1. The molecule has 2 rings (SSSR count). The van der Waals surface area contributed by atoms with Crippen LogP contribution in [0.1, 0.15) is 31.9 Å². The normalized spacial score (nSPS) is 17.4. The molecule has 1 aromatic carbocycles. The summed E-state index contributed by atoms with van der Waals surface area (Å²) in [6.45, 7) is 3.90. The lowest BCUT2D eigenvalue weighted by Crippen LogP contribution is -2.46. The van der Waals surface area contributed by atoms with E-state index in [4.69, 9.17) is 9.47 Å². The lowest BCUT2D eigenvalue weighted by molar-refractivity contribution is -0.139. The van der Waals surface area contributed by atoms with Crippen LogP contribution in [0.5, 0.6) is 11.5 Å². The van der Waals surface area contributed by atoms with E-state index in [1.54, 1.807) is 26.1 Å². The van der Waals surface area contributed by atoms with Crippen molar-refractivity contribution in [3.05, 3.63) is 33.4 Å². The number of benzene rings is 1. The maximum absolute atomic E-state index is 12.6. The van der Waals surface area contributed by atoms with Crippen molar-refractivity contribution in [2.45, 2.75) is 26.3 Å². The largest absolute Gasteiger partial charge is 0.503 e. The Hall–Kier alpha value is -2.22. The maximum atomic E-state index is 12.6. The number of halogens is 1. The zero-order valence-corrected chi connectivity index (χ0v) is 16.1. The average molecular weight is 413 g/mol. The topological polar surface area (TPSA) is 88.1 Å². The second kappa shape index (κ2) is 7.77. The lowest BCUT2D eigenvalue weighted by Gasteiger charge is -2.33. The summed E-state index contributed by atoms with van der Waals surface area (Å²) < 4.78 is 10.8. The molecule has 1 aliphatic heterocycles. The number of esters is 1. The van der Waals surface area contributed by atoms with Crippen LogP contribution in [0.2, 0.25) is 0 Å². The monoisotopic (exact) mass is 412 g/mol. The van der Waals surface area contributed by atoms with Crippen molar-refractivity contribution in [3.63, 3.8) is 0 Å². The highest BCUT2D eigenvalue weighted by Crippen LogP contribution is 2.40. The van der Waals surface area contributed by atoms with Gasteiger partial charge in [0.25, 0.3) is 0 Å². The number of nitrogens with one attached hydrogen (secondary N) is 1. The van der Waals surface area contributed by atoms with E-state index in [1.807, 2.05) is 6.92 Å². The van der Waals surface area contributed by atoms with Gasteiger partial charge in [-0.2, -0.15) is 0 Å². The molecule has 0 bridgehead atoms.